The summed E-state index contributed by atoms with van der Waals surface area (Å²) in [5, 5.41) is 0.995. The van der Waals surface area contributed by atoms with E-state index in [-0.39, 0.29) is 0 Å². The van der Waals surface area contributed by atoms with Crippen LogP contribution in [0.2, 0.25) is 0 Å². The lowest BCUT2D eigenvalue weighted by Gasteiger charge is -2.28. The van der Waals surface area contributed by atoms with E-state index in [1.807, 2.05) is 12.3 Å². The van der Waals surface area contributed by atoms with Gasteiger partial charge in [-0.2, -0.15) is 0 Å². The average Bonchev–Trinajstić information content (AvgIpc) is 2.39. The predicted molar refractivity (Wildman–Crippen MR) is 67.8 cm³/mol. The minimum Gasteiger partial charge on any atom is -0.368 e. The van der Waals surface area contributed by atoms with Gasteiger partial charge in [-0.05, 0) is 25.3 Å². The van der Waals surface area contributed by atoms with Gasteiger partial charge in [-0.3, -0.25) is 0 Å². The second kappa shape index (κ2) is 4.16. The van der Waals surface area contributed by atoms with Gasteiger partial charge >= 0.3 is 0 Å². The molecule has 3 heterocycles. The molecule has 88 valence electrons. The largest absolute Gasteiger partial charge is 0.368 e. The molecule has 5 heteroatoms. The van der Waals surface area contributed by atoms with Crippen molar-refractivity contribution in [2.24, 2.45) is 0 Å². The maximum Gasteiger partial charge on any atom is 0.220 e. The van der Waals surface area contributed by atoms with Gasteiger partial charge in [0, 0.05) is 30.9 Å². The fourth-order valence-electron chi connectivity index (χ4n) is 2.29. The van der Waals surface area contributed by atoms with Gasteiger partial charge in [0.25, 0.3) is 0 Å². The van der Waals surface area contributed by atoms with E-state index in [2.05, 4.69) is 19.9 Å². The van der Waals surface area contributed by atoms with Crippen molar-refractivity contribution in [3.05, 3.63) is 18.5 Å². The van der Waals surface area contributed by atoms with Crippen molar-refractivity contribution >= 4 is 22.7 Å². The summed E-state index contributed by atoms with van der Waals surface area (Å²) in [5.74, 6) is 1.25. The molecule has 0 atom stereocenters. The summed E-state index contributed by atoms with van der Waals surface area (Å²) in [6.45, 7) is 2.10. The third kappa shape index (κ3) is 1.88. The Labute approximate surface area is 99.7 Å². The van der Waals surface area contributed by atoms with Crippen LogP contribution in [0.25, 0.3) is 10.9 Å². The molecule has 1 aliphatic heterocycles. The molecule has 0 spiro atoms. The maximum atomic E-state index is 5.65. The molecule has 2 N–H and O–H groups in total. The first-order chi connectivity index (χ1) is 8.34. The van der Waals surface area contributed by atoms with Gasteiger partial charge < -0.3 is 10.6 Å². The highest BCUT2D eigenvalue weighted by atomic mass is 15.2. The Hall–Kier alpha value is -1.91. The van der Waals surface area contributed by atoms with Crippen molar-refractivity contribution in [2.45, 2.75) is 19.3 Å². The number of anilines is 2. The van der Waals surface area contributed by atoms with E-state index in [1.165, 1.54) is 19.3 Å². The number of nitrogens with zero attached hydrogens (tertiary/aromatic N) is 4. The summed E-state index contributed by atoms with van der Waals surface area (Å²) in [7, 11) is 0. The lowest BCUT2D eigenvalue weighted by molar-refractivity contribution is 0.574. The number of aromatic nitrogens is 3. The molecule has 0 amide bonds. The van der Waals surface area contributed by atoms with Crippen LogP contribution in [-0.2, 0) is 0 Å². The molecule has 2 aromatic heterocycles. The highest BCUT2D eigenvalue weighted by Crippen LogP contribution is 2.25. The fourth-order valence-corrected chi connectivity index (χ4v) is 2.29. The first kappa shape index (κ1) is 10.3. The number of hydrogen-bond donors (Lipinski definition) is 1. The summed E-state index contributed by atoms with van der Waals surface area (Å²) in [6, 6.07) is 1.92. The summed E-state index contributed by atoms with van der Waals surface area (Å²) in [4.78, 5) is 15.1. The molecule has 3 rings (SSSR count). The van der Waals surface area contributed by atoms with Gasteiger partial charge in [0.15, 0.2) is 5.82 Å². The number of nitrogen functional groups attached to an aromatic ring is 1. The lowest BCUT2D eigenvalue weighted by Crippen LogP contribution is -2.30. The van der Waals surface area contributed by atoms with Gasteiger partial charge in [0.05, 0.1) is 0 Å². The zero-order valence-electron chi connectivity index (χ0n) is 9.63. The van der Waals surface area contributed by atoms with Crippen molar-refractivity contribution in [1.29, 1.82) is 0 Å². The number of pyridine rings is 1. The van der Waals surface area contributed by atoms with E-state index in [4.69, 9.17) is 5.73 Å². The minimum absolute atomic E-state index is 0.309. The molecular weight excluding hydrogens is 214 g/mol. The Kier molecular flexibility index (Phi) is 2.51. The zero-order valence-corrected chi connectivity index (χ0v) is 9.63. The molecule has 0 saturated carbocycles. The zero-order chi connectivity index (χ0) is 11.7. The van der Waals surface area contributed by atoms with Crippen LogP contribution in [0.1, 0.15) is 19.3 Å². The Bertz CT molecular complexity index is 533. The molecule has 0 aromatic carbocycles. The van der Waals surface area contributed by atoms with Gasteiger partial charge in [-0.1, -0.05) is 0 Å². The van der Waals surface area contributed by atoms with Crippen LogP contribution in [0.3, 0.4) is 0 Å². The fraction of sp³-hybridized carbons (Fsp3) is 0.417. The standard InChI is InChI=1S/C12H15N5/c13-12-15-8-9-4-5-14-11(10(9)16-12)17-6-2-1-3-7-17/h4-5,8H,1-3,6-7H2,(H2,13,15,16). The van der Waals surface area contributed by atoms with Gasteiger partial charge in [0.1, 0.15) is 5.52 Å². The average molecular weight is 229 g/mol. The number of piperidine rings is 1. The molecule has 0 radical (unpaired) electrons. The first-order valence-electron chi connectivity index (χ1n) is 5.97. The SMILES string of the molecule is Nc1ncc2ccnc(N3CCCCC3)c2n1. The van der Waals surface area contributed by atoms with Crippen LogP contribution < -0.4 is 10.6 Å². The highest BCUT2D eigenvalue weighted by molar-refractivity contribution is 5.88. The van der Waals surface area contributed by atoms with Crippen LogP contribution in [0.5, 0.6) is 0 Å². The van der Waals surface area contributed by atoms with E-state index in [9.17, 15) is 0 Å². The maximum absolute atomic E-state index is 5.65. The van der Waals surface area contributed by atoms with Crippen molar-refractivity contribution in [2.75, 3.05) is 23.7 Å². The number of nitrogens with two attached hydrogens (primary N) is 1. The quantitative estimate of drug-likeness (QED) is 0.804. The molecular formula is C12H15N5. The third-order valence-electron chi connectivity index (χ3n) is 3.15. The number of rotatable bonds is 1. The first-order valence-corrected chi connectivity index (χ1v) is 5.97. The Morgan fingerprint density at radius 2 is 1.94 bits per heavy atom. The molecule has 17 heavy (non-hydrogen) atoms. The summed E-state index contributed by atoms with van der Waals surface area (Å²) >= 11 is 0. The summed E-state index contributed by atoms with van der Waals surface area (Å²) in [5.41, 5.74) is 6.52. The van der Waals surface area contributed by atoms with Crippen molar-refractivity contribution in [1.82, 2.24) is 15.0 Å². The molecule has 1 fully saturated rings. The van der Waals surface area contributed by atoms with Gasteiger partial charge in [-0.25, -0.2) is 15.0 Å². The van der Waals surface area contributed by atoms with Crippen LogP contribution >= 0.6 is 0 Å². The van der Waals surface area contributed by atoms with Crippen molar-refractivity contribution in [3.63, 3.8) is 0 Å². The Balaban J connectivity index is 2.11. The molecule has 0 unspecified atom stereocenters. The molecule has 1 saturated heterocycles. The van der Waals surface area contributed by atoms with Crippen molar-refractivity contribution < 1.29 is 0 Å². The lowest BCUT2D eigenvalue weighted by atomic mass is 10.1. The Morgan fingerprint density at radius 3 is 2.76 bits per heavy atom. The van der Waals surface area contributed by atoms with E-state index in [1.54, 1.807) is 6.20 Å². The number of fused-ring (bicyclic) bond motifs is 1. The number of hydrogen-bond acceptors (Lipinski definition) is 5. The molecule has 0 aliphatic carbocycles. The topological polar surface area (TPSA) is 67.9 Å². The van der Waals surface area contributed by atoms with Gasteiger partial charge in [0.2, 0.25) is 5.95 Å². The van der Waals surface area contributed by atoms with Crippen molar-refractivity contribution in [3.8, 4) is 0 Å². The van der Waals surface area contributed by atoms with Crippen LogP contribution in [-0.4, -0.2) is 28.0 Å². The molecule has 2 aromatic rings. The molecule has 1 aliphatic rings. The van der Waals surface area contributed by atoms with Crippen LogP contribution in [0, 0.1) is 0 Å². The summed E-state index contributed by atoms with van der Waals surface area (Å²) in [6.07, 6.45) is 7.31. The smallest absolute Gasteiger partial charge is 0.220 e. The van der Waals surface area contributed by atoms with E-state index in [0.29, 0.717) is 5.95 Å². The van der Waals surface area contributed by atoms with Gasteiger partial charge in [-0.15, -0.1) is 0 Å². The normalized spacial score (nSPS) is 16.4. The third-order valence-corrected chi connectivity index (χ3v) is 3.15. The van der Waals surface area contributed by atoms with E-state index in [0.717, 1.165) is 29.8 Å². The molecule has 0 bridgehead atoms. The molecule has 5 nitrogen and oxygen atoms in total. The van der Waals surface area contributed by atoms with Crippen LogP contribution in [0.4, 0.5) is 11.8 Å². The summed E-state index contributed by atoms with van der Waals surface area (Å²) < 4.78 is 0. The van der Waals surface area contributed by atoms with Crippen LogP contribution in [0.15, 0.2) is 18.5 Å². The van der Waals surface area contributed by atoms with E-state index < -0.39 is 0 Å². The monoisotopic (exact) mass is 229 g/mol. The second-order valence-corrected chi connectivity index (χ2v) is 4.35. The Morgan fingerprint density at radius 1 is 1.12 bits per heavy atom. The highest BCUT2D eigenvalue weighted by Gasteiger charge is 2.15. The second-order valence-electron chi connectivity index (χ2n) is 4.35. The van der Waals surface area contributed by atoms with E-state index >= 15 is 0 Å². The minimum atomic E-state index is 0.309. The predicted octanol–water partition coefficient (Wildman–Crippen LogP) is 1.60.